The first-order valence-corrected chi connectivity index (χ1v) is 7.38. The Hall–Kier alpha value is -1.77. The van der Waals surface area contributed by atoms with Gasteiger partial charge in [-0.1, -0.05) is 24.3 Å². The minimum atomic E-state index is 0.0311. The molecule has 20 heavy (non-hydrogen) atoms. The maximum absolute atomic E-state index is 12.0. The number of carbonyl (C=O) groups excluding carboxylic acids is 1. The average molecular weight is 273 g/mol. The molecule has 2 rings (SSSR count). The fraction of sp³-hybridized carbons (Fsp3) is 0.471. The van der Waals surface area contributed by atoms with Crippen molar-refractivity contribution in [2.24, 2.45) is 5.92 Å². The van der Waals surface area contributed by atoms with Crippen LogP contribution in [0.2, 0.25) is 0 Å². The van der Waals surface area contributed by atoms with Gasteiger partial charge in [-0.15, -0.1) is 0 Å². The summed E-state index contributed by atoms with van der Waals surface area (Å²) in [5, 5.41) is 3.06. The SMILES string of the molecule is CCOc1ccc(C(C)NC(=O)CC2C=CCC2)cc1. The number of amides is 1. The van der Waals surface area contributed by atoms with E-state index >= 15 is 0 Å². The summed E-state index contributed by atoms with van der Waals surface area (Å²) in [5.74, 6) is 1.41. The molecule has 0 spiro atoms. The van der Waals surface area contributed by atoms with Crippen molar-refractivity contribution in [3.63, 3.8) is 0 Å². The van der Waals surface area contributed by atoms with E-state index in [-0.39, 0.29) is 11.9 Å². The topological polar surface area (TPSA) is 38.3 Å². The van der Waals surface area contributed by atoms with Crippen molar-refractivity contribution < 1.29 is 9.53 Å². The third-order valence-corrected chi connectivity index (χ3v) is 3.63. The fourth-order valence-corrected chi connectivity index (χ4v) is 2.51. The molecular formula is C17H23NO2. The second kappa shape index (κ2) is 7.13. The molecule has 0 aliphatic heterocycles. The van der Waals surface area contributed by atoms with E-state index < -0.39 is 0 Å². The number of rotatable bonds is 6. The fourth-order valence-electron chi connectivity index (χ4n) is 2.51. The molecule has 1 N–H and O–H groups in total. The highest BCUT2D eigenvalue weighted by atomic mass is 16.5. The van der Waals surface area contributed by atoms with Gasteiger partial charge in [0.1, 0.15) is 5.75 Å². The molecule has 1 amide bonds. The van der Waals surface area contributed by atoms with Crippen LogP contribution in [0.15, 0.2) is 36.4 Å². The van der Waals surface area contributed by atoms with Gasteiger partial charge in [-0.3, -0.25) is 4.79 Å². The van der Waals surface area contributed by atoms with Crippen molar-refractivity contribution in [1.82, 2.24) is 5.32 Å². The van der Waals surface area contributed by atoms with E-state index in [9.17, 15) is 4.79 Å². The standard InChI is InChI=1S/C17H23NO2/c1-3-20-16-10-8-15(9-11-16)13(2)18-17(19)12-14-6-4-5-7-14/h4,6,8-11,13-14H,3,5,7,12H2,1-2H3,(H,18,19). The van der Waals surface area contributed by atoms with E-state index in [1.807, 2.05) is 38.1 Å². The van der Waals surface area contributed by atoms with Crippen molar-refractivity contribution in [2.45, 2.75) is 39.2 Å². The number of carbonyl (C=O) groups is 1. The molecule has 0 fully saturated rings. The van der Waals surface area contributed by atoms with E-state index in [1.165, 1.54) is 0 Å². The summed E-state index contributed by atoms with van der Waals surface area (Å²) in [4.78, 5) is 12.0. The number of hydrogen-bond acceptors (Lipinski definition) is 2. The zero-order valence-electron chi connectivity index (χ0n) is 12.3. The minimum Gasteiger partial charge on any atom is -0.494 e. The summed E-state index contributed by atoms with van der Waals surface area (Å²) in [5.41, 5.74) is 1.10. The lowest BCUT2D eigenvalue weighted by Gasteiger charge is -2.16. The Labute approximate surface area is 121 Å². The lowest BCUT2D eigenvalue weighted by Crippen LogP contribution is -2.27. The third-order valence-electron chi connectivity index (χ3n) is 3.63. The highest BCUT2D eigenvalue weighted by Crippen LogP contribution is 2.21. The Kier molecular flexibility index (Phi) is 5.22. The van der Waals surface area contributed by atoms with Gasteiger partial charge >= 0.3 is 0 Å². The van der Waals surface area contributed by atoms with Crippen molar-refractivity contribution in [3.05, 3.63) is 42.0 Å². The van der Waals surface area contributed by atoms with Crippen molar-refractivity contribution in [2.75, 3.05) is 6.61 Å². The number of hydrogen-bond donors (Lipinski definition) is 1. The van der Waals surface area contributed by atoms with Crippen LogP contribution >= 0.6 is 0 Å². The Bertz CT molecular complexity index is 464. The quantitative estimate of drug-likeness (QED) is 0.804. The number of nitrogens with one attached hydrogen (secondary N) is 1. The first kappa shape index (κ1) is 14.6. The highest BCUT2D eigenvalue weighted by molar-refractivity contribution is 5.77. The van der Waals surface area contributed by atoms with Gasteiger partial charge in [-0.05, 0) is 50.3 Å². The van der Waals surface area contributed by atoms with Crippen LogP contribution in [0, 0.1) is 5.92 Å². The largest absolute Gasteiger partial charge is 0.494 e. The summed E-state index contributed by atoms with van der Waals surface area (Å²) < 4.78 is 5.42. The van der Waals surface area contributed by atoms with Crippen LogP contribution < -0.4 is 10.1 Å². The van der Waals surface area contributed by atoms with Crippen LogP contribution in [0.5, 0.6) is 5.75 Å². The molecule has 1 aromatic carbocycles. The van der Waals surface area contributed by atoms with Crippen molar-refractivity contribution in [3.8, 4) is 5.75 Å². The van der Waals surface area contributed by atoms with Crippen LogP contribution in [0.25, 0.3) is 0 Å². The summed E-state index contributed by atoms with van der Waals surface area (Å²) in [6.07, 6.45) is 7.12. The average Bonchev–Trinajstić information content (AvgIpc) is 2.92. The number of allylic oxidation sites excluding steroid dienone is 2. The van der Waals surface area contributed by atoms with E-state index in [0.29, 0.717) is 18.9 Å². The summed E-state index contributed by atoms with van der Waals surface area (Å²) in [6.45, 7) is 4.65. The Morgan fingerprint density at radius 1 is 1.40 bits per heavy atom. The maximum atomic E-state index is 12.0. The van der Waals surface area contributed by atoms with E-state index in [0.717, 1.165) is 24.2 Å². The van der Waals surface area contributed by atoms with E-state index in [2.05, 4.69) is 17.5 Å². The minimum absolute atomic E-state index is 0.0311. The monoisotopic (exact) mass is 273 g/mol. The predicted molar refractivity (Wildman–Crippen MR) is 80.6 cm³/mol. The molecule has 0 heterocycles. The zero-order valence-corrected chi connectivity index (χ0v) is 12.3. The first-order valence-electron chi connectivity index (χ1n) is 7.38. The van der Waals surface area contributed by atoms with Crippen LogP contribution in [0.4, 0.5) is 0 Å². The molecule has 3 heteroatoms. The van der Waals surface area contributed by atoms with Gasteiger partial charge in [0.15, 0.2) is 0 Å². The van der Waals surface area contributed by atoms with Gasteiger partial charge in [0, 0.05) is 6.42 Å². The van der Waals surface area contributed by atoms with Gasteiger partial charge in [-0.2, -0.15) is 0 Å². The molecule has 1 aliphatic rings. The Morgan fingerprint density at radius 2 is 2.15 bits per heavy atom. The Morgan fingerprint density at radius 3 is 2.75 bits per heavy atom. The predicted octanol–water partition coefficient (Wildman–Crippen LogP) is 3.62. The maximum Gasteiger partial charge on any atom is 0.221 e. The first-order chi connectivity index (χ1) is 9.69. The Balaban J connectivity index is 1.85. The number of benzene rings is 1. The summed E-state index contributed by atoms with van der Waals surface area (Å²) in [7, 11) is 0. The van der Waals surface area contributed by atoms with Gasteiger partial charge in [0.2, 0.25) is 5.91 Å². The normalized spacial score (nSPS) is 18.8. The molecule has 0 radical (unpaired) electrons. The van der Waals surface area contributed by atoms with E-state index in [1.54, 1.807) is 0 Å². The molecule has 0 saturated heterocycles. The summed E-state index contributed by atoms with van der Waals surface area (Å²) >= 11 is 0. The number of ether oxygens (including phenoxy) is 1. The molecule has 108 valence electrons. The second-order valence-electron chi connectivity index (χ2n) is 5.26. The van der Waals surface area contributed by atoms with Gasteiger partial charge in [0.25, 0.3) is 0 Å². The zero-order chi connectivity index (χ0) is 14.4. The summed E-state index contributed by atoms with van der Waals surface area (Å²) in [6, 6.07) is 7.93. The van der Waals surface area contributed by atoms with Crippen LogP contribution in [0.3, 0.4) is 0 Å². The molecule has 1 aliphatic carbocycles. The molecule has 3 nitrogen and oxygen atoms in total. The van der Waals surface area contributed by atoms with Crippen LogP contribution in [-0.4, -0.2) is 12.5 Å². The third kappa shape index (κ3) is 4.12. The van der Waals surface area contributed by atoms with Crippen LogP contribution in [-0.2, 0) is 4.79 Å². The van der Waals surface area contributed by atoms with Crippen molar-refractivity contribution in [1.29, 1.82) is 0 Å². The van der Waals surface area contributed by atoms with Gasteiger partial charge in [-0.25, -0.2) is 0 Å². The molecule has 0 saturated carbocycles. The lowest BCUT2D eigenvalue weighted by atomic mass is 10.0. The second-order valence-corrected chi connectivity index (χ2v) is 5.26. The van der Waals surface area contributed by atoms with Gasteiger partial charge in [0.05, 0.1) is 12.6 Å². The van der Waals surface area contributed by atoms with Crippen LogP contribution in [0.1, 0.15) is 44.7 Å². The van der Waals surface area contributed by atoms with Gasteiger partial charge < -0.3 is 10.1 Å². The molecule has 2 atom stereocenters. The molecular weight excluding hydrogens is 250 g/mol. The lowest BCUT2D eigenvalue weighted by molar-refractivity contribution is -0.122. The molecule has 0 aromatic heterocycles. The smallest absolute Gasteiger partial charge is 0.221 e. The molecule has 2 unspecified atom stereocenters. The van der Waals surface area contributed by atoms with E-state index in [4.69, 9.17) is 4.74 Å². The molecule has 0 bridgehead atoms. The highest BCUT2D eigenvalue weighted by Gasteiger charge is 2.16. The van der Waals surface area contributed by atoms with Crippen molar-refractivity contribution >= 4 is 5.91 Å². The molecule has 1 aromatic rings.